The van der Waals surface area contributed by atoms with E-state index in [9.17, 15) is 0 Å². The number of ether oxygens (including phenoxy) is 1. The van der Waals surface area contributed by atoms with Gasteiger partial charge in [-0.3, -0.25) is 16.0 Å². The molecule has 1 aromatic rings. The Balaban J connectivity index is 2.08. The van der Waals surface area contributed by atoms with Gasteiger partial charge < -0.3 is 4.74 Å². The van der Waals surface area contributed by atoms with Crippen LogP contribution in [0.25, 0.3) is 0 Å². The van der Waals surface area contributed by atoms with E-state index in [2.05, 4.69) is 23.6 Å². The minimum Gasteiger partial charge on any atom is -0.381 e. The van der Waals surface area contributed by atoms with Crippen molar-refractivity contribution in [1.82, 2.24) is 15.2 Å². The third-order valence-electron chi connectivity index (χ3n) is 3.25. The number of rotatable bonds is 4. The second-order valence-corrected chi connectivity index (χ2v) is 4.22. The lowest BCUT2D eigenvalue weighted by atomic mass is 9.89. The van der Waals surface area contributed by atoms with Crippen LogP contribution < -0.4 is 11.3 Å². The van der Waals surface area contributed by atoms with Crippen LogP contribution in [0.15, 0.2) is 12.4 Å². The van der Waals surface area contributed by atoms with Crippen LogP contribution in [0.1, 0.15) is 31.4 Å². The first-order valence-electron chi connectivity index (χ1n) is 5.91. The summed E-state index contributed by atoms with van der Waals surface area (Å²) in [4.78, 5) is 0. The quantitative estimate of drug-likeness (QED) is 0.587. The van der Waals surface area contributed by atoms with Gasteiger partial charge in [0.2, 0.25) is 0 Å². The van der Waals surface area contributed by atoms with Crippen molar-refractivity contribution in [2.45, 2.75) is 32.4 Å². The molecular weight excluding hydrogens is 204 g/mol. The van der Waals surface area contributed by atoms with Crippen LogP contribution >= 0.6 is 0 Å². The molecule has 2 heterocycles. The predicted octanol–water partition coefficient (Wildman–Crippen LogP) is 0.834. The molecule has 1 atom stereocenters. The lowest BCUT2D eigenvalue weighted by Crippen LogP contribution is -2.36. The monoisotopic (exact) mass is 224 g/mol. The highest BCUT2D eigenvalue weighted by Gasteiger charge is 2.25. The summed E-state index contributed by atoms with van der Waals surface area (Å²) in [7, 11) is 0. The van der Waals surface area contributed by atoms with Gasteiger partial charge in [0.05, 0.1) is 12.2 Å². The fourth-order valence-electron chi connectivity index (χ4n) is 2.27. The second kappa shape index (κ2) is 5.43. The minimum absolute atomic E-state index is 0.198. The Bertz CT molecular complexity index is 320. The van der Waals surface area contributed by atoms with E-state index in [4.69, 9.17) is 10.6 Å². The molecule has 0 saturated carbocycles. The summed E-state index contributed by atoms with van der Waals surface area (Å²) in [6.07, 6.45) is 6.10. The number of aromatic nitrogens is 2. The number of hydrogen-bond donors (Lipinski definition) is 2. The molecule has 0 aliphatic carbocycles. The molecule has 1 aliphatic heterocycles. The van der Waals surface area contributed by atoms with Crippen molar-refractivity contribution in [2.75, 3.05) is 13.2 Å². The first-order chi connectivity index (χ1) is 7.85. The average molecular weight is 224 g/mol. The smallest absolute Gasteiger partial charge is 0.0538 e. The van der Waals surface area contributed by atoms with Crippen LogP contribution in [0, 0.1) is 5.92 Å². The molecule has 0 aromatic carbocycles. The van der Waals surface area contributed by atoms with E-state index < -0.39 is 0 Å². The first kappa shape index (κ1) is 11.6. The maximum Gasteiger partial charge on any atom is 0.0538 e. The number of hydrazine groups is 1. The predicted molar refractivity (Wildman–Crippen MR) is 61.5 cm³/mol. The molecule has 1 aromatic heterocycles. The lowest BCUT2D eigenvalue weighted by molar-refractivity contribution is 0.0536. The molecule has 16 heavy (non-hydrogen) atoms. The van der Waals surface area contributed by atoms with E-state index in [1.165, 1.54) is 5.56 Å². The molecule has 5 heteroatoms. The van der Waals surface area contributed by atoms with Gasteiger partial charge in [0.15, 0.2) is 0 Å². The number of nitrogens with one attached hydrogen (secondary N) is 1. The van der Waals surface area contributed by atoms with Crippen LogP contribution in [0.3, 0.4) is 0 Å². The molecule has 90 valence electrons. The Hall–Kier alpha value is -0.910. The largest absolute Gasteiger partial charge is 0.381 e. The van der Waals surface area contributed by atoms with Crippen molar-refractivity contribution >= 4 is 0 Å². The summed E-state index contributed by atoms with van der Waals surface area (Å²) in [6.45, 7) is 4.65. The maximum absolute atomic E-state index is 5.66. The van der Waals surface area contributed by atoms with Gasteiger partial charge in [-0.15, -0.1) is 0 Å². The van der Waals surface area contributed by atoms with E-state index in [-0.39, 0.29) is 6.04 Å². The number of nitrogens with zero attached hydrogens (tertiary/aromatic N) is 2. The Kier molecular flexibility index (Phi) is 3.93. The summed E-state index contributed by atoms with van der Waals surface area (Å²) in [5, 5.41) is 4.29. The summed E-state index contributed by atoms with van der Waals surface area (Å²) in [5.41, 5.74) is 4.09. The zero-order valence-corrected chi connectivity index (χ0v) is 9.72. The van der Waals surface area contributed by atoms with Gasteiger partial charge in [-0.05, 0) is 25.7 Å². The normalized spacial score (nSPS) is 19.9. The molecule has 1 aliphatic rings. The maximum atomic E-state index is 5.66. The Labute approximate surface area is 95.9 Å². The fraction of sp³-hybridized carbons (Fsp3) is 0.727. The van der Waals surface area contributed by atoms with Gasteiger partial charge in [-0.2, -0.15) is 5.10 Å². The third kappa shape index (κ3) is 2.42. The van der Waals surface area contributed by atoms with Crippen LogP contribution in [-0.4, -0.2) is 23.0 Å². The van der Waals surface area contributed by atoms with Crippen molar-refractivity contribution in [3.63, 3.8) is 0 Å². The van der Waals surface area contributed by atoms with Crippen LogP contribution in [0.5, 0.6) is 0 Å². The molecule has 0 radical (unpaired) electrons. The van der Waals surface area contributed by atoms with Crippen molar-refractivity contribution < 1.29 is 4.74 Å². The summed E-state index contributed by atoms with van der Waals surface area (Å²) in [6, 6.07) is 0.198. The topological polar surface area (TPSA) is 65.1 Å². The van der Waals surface area contributed by atoms with Crippen LogP contribution in [0.4, 0.5) is 0 Å². The highest BCUT2D eigenvalue weighted by Crippen LogP contribution is 2.29. The molecule has 0 amide bonds. The minimum atomic E-state index is 0.198. The average Bonchev–Trinajstić information content (AvgIpc) is 2.80. The zero-order valence-electron chi connectivity index (χ0n) is 9.72. The van der Waals surface area contributed by atoms with E-state index in [0.29, 0.717) is 5.92 Å². The SMILES string of the molecule is CCn1cc(C(NN)C2CCOCC2)cn1. The fourth-order valence-corrected chi connectivity index (χ4v) is 2.27. The summed E-state index contributed by atoms with van der Waals surface area (Å²) >= 11 is 0. The Morgan fingerprint density at radius 2 is 2.38 bits per heavy atom. The summed E-state index contributed by atoms with van der Waals surface area (Å²) < 4.78 is 7.30. The third-order valence-corrected chi connectivity index (χ3v) is 3.25. The Morgan fingerprint density at radius 3 is 2.94 bits per heavy atom. The van der Waals surface area contributed by atoms with E-state index in [0.717, 1.165) is 32.6 Å². The molecular formula is C11H20N4O. The van der Waals surface area contributed by atoms with Gasteiger partial charge in [0.25, 0.3) is 0 Å². The molecule has 5 nitrogen and oxygen atoms in total. The number of hydrogen-bond acceptors (Lipinski definition) is 4. The molecule has 0 spiro atoms. The van der Waals surface area contributed by atoms with Crippen molar-refractivity contribution in [3.8, 4) is 0 Å². The Morgan fingerprint density at radius 1 is 1.62 bits per heavy atom. The van der Waals surface area contributed by atoms with Gasteiger partial charge >= 0.3 is 0 Å². The number of nitrogens with two attached hydrogens (primary N) is 1. The van der Waals surface area contributed by atoms with Crippen LogP contribution in [0.2, 0.25) is 0 Å². The molecule has 3 N–H and O–H groups in total. The second-order valence-electron chi connectivity index (χ2n) is 4.22. The molecule has 2 rings (SSSR count). The van der Waals surface area contributed by atoms with Gasteiger partial charge in [-0.25, -0.2) is 0 Å². The summed E-state index contributed by atoms with van der Waals surface area (Å²) in [5.74, 6) is 6.21. The van der Waals surface area contributed by atoms with E-state index in [1.807, 2.05) is 10.9 Å². The number of aryl methyl sites for hydroxylation is 1. The first-order valence-corrected chi connectivity index (χ1v) is 5.91. The lowest BCUT2D eigenvalue weighted by Gasteiger charge is -2.29. The van der Waals surface area contributed by atoms with Crippen molar-refractivity contribution in [2.24, 2.45) is 11.8 Å². The van der Waals surface area contributed by atoms with Gasteiger partial charge in [-0.1, -0.05) is 0 Å². The molecule has 1 saturated heterocycles. The van der Waals surface area contributed by atoms with Crippen molar-refractivity contribution in [1.29, 1.82) is 0 Å². The molecule has 1 fully saturated rings. The molecule has 1 unspecified atom stereocenters. The zero-order chi connectivity index (χ0) is 11.4. The van der Waals surface area contributed by atoms with Crippen molar-refractivity contribution in [3.05, 3.63) is 18.0 Å². The van der Waals surface area contributed by atoms with Gasteiger partial charge in [0, 0.05) is 31.5 Å². The van der Waals surface area contributed by atoms with Crippen LogP contribution in [-0.2, 0) is 11.3 Å². The highest BCUT2D eigenvalue weighted by molar-refractivity contribution is 5.11. The van der Waals surface area contributed by atoms with E-state index in [1.54, 1.807) is 0 Å². The van der Waals surface area contributed by atoms with E-state index >= 15 is 0 Å². The standard InChI is InChI=1S/C11H20N4O/c1-2-15-8-10(7-13-15)11(14-12)9-3-5-16-6-4-9/h7-9,11,14H,2-6,12H2,1H3. The van der Waals surface area contributed by atoms with Gasteiger partial charge in [0.1, 0.15) is 0 Å². The molecule has 0 bridgehead atoms. The highest BCUT2D eigenvalue weighted by atomic mass is 16.5.